The molecular formula is C30H59N3O6. The molecule has 0 saturated carbocycles. The summed E-state index contributed by atoms with van der Waals surface area (Å²) in [6.07, 6.45) is 18.4. The predicted molar refractivity (Wildman–Crippen MR) is 159 cm³/mol. The van der Waals surface area contributed by atoms with Crippen LogP contribution in [0.25, 0.3) is 0 Å². The van der Waals surface area contributed by atoms with Gasteiger partial charge in [-0.25, -0.2) is 4.79 Å². The van der Waals surface area contributed by atoms with E-state index in [0.717, 1.165) is 77.1 Å². The van der Waals surface area contributed by atoms with Crippen molar-refractivity contribution in [3.05, 3.63) is 12.7 Å². The molecule has 0 aromatic rings. The highest BCUT2D eigenvalue weighted by molar-refractivity contribution is 5.85. The van der Waals surface area contributed by atoms with Gasteiger partial charge in [0.2, 0.25) is 0 Å². The molecule has 2 atom stereocenters. The van der Waals surface area contributed by atoms with Gasteiger partial charge in [0.05, 0.1) is 0 Å². The summed E-state index contributed by atoms with van der Waals surface area (Å²) in [4.78, 5) is 37.0. The third-order valence-corrected chi connectivity index (χ3v) is 6.82. The molecule has 0 spiro atoms. The number of rotatable bonds is 26. The van der Waals surface area contributed by atoms with Crippen molar-refractivity contribution in [3.63, 3.8) is 0 Å². The van der Waals surface area contributed by atoms with Crippen LogP contribution in [0.2, 0.25) is 0 Å². The largest absolute Gasteiger partial charge is 0.480 e. The number of carbonyl (C=O) groups is 3. The zero-order chi connectivity index (χ0) is 29.9. The standard InChI is InChI=1S/C27H55N3O4.C3H4O2/c1-4-7-10-11-12-13-14-15-16-17-22-30(25(27(33)34)24(28)26(31)32)23-18-21-29(19-8-5-2)20-9-6-3;1-2-3(4)5/h24-25H,4-23,28H2,1-3H3,(H,31,32)(H,33,34);2H,1H2,(H,4,5). The Morgan fingerprint density at radius 3 is 1.41 bits per heavy atom. The molecule has 0 fully saturated rings. The van der Waals surface area contributed by atoms with E-state index in [4.69, 9.17) is 10.8 Å². The fourth-order valence-electron chi connectivity index (χ4n) is 4.46. The van der Waals surface area contributed by atoms with Crippen molar-refractivity contribution in [2.75, 3.05) is 32.7 Å². The number of unbranched alkanes of at least 4 members (excludes halogenated alkanes) is 11. The van der Waals surface area contributed by atoms with E-state index in [1.54, 1.807) is 0 Å². The van der Waals surface area contributed by atoms with Crippen LogP contribution in [-0.2, 0) is 14.4 Å². The zero-order valence-electron chi connectivity index (χ0n) is 25.1. The monoisotopic (exact) mass is 557 g/mol. The summed E-state index contributed by atoms with van der Waals surface area (Å²) in [7, 11) is 0. The Kier molecular flexibility index (Phi) is 27.7. The second kappa shape index (κ2) is 27.6. The van der Waals surface area contributed by atoms with E-state index in [1.165, 1.54) is 44.9 Å². The highest BCUT2D eigenvalue weighted by atomic mass is 16.4. The minimum Gasteiger partial charge on any atom is -0.480 e. The molecule has 9 nitrogen and oxygen atoms in total. The van der Waals surface area contributed by atoms with Gasteiger partial charge in [0.15, 0.2) is 0 Å². The second-order valence-electron chi connectivity index (χ2n) is 10.3. The molecule has 0 aliphatic carbocycles. The van der Waals surface area contributed by atoms with E-state index >= 15 is 0 Å². The van der Waals surface area contributed by atoms with E-state index in [0.29, 0.717) is 13.1 Å². The SMILES string of the molecule is C=CC(=O)O.CCCCCCCCCCCCN(CCCN(CCCC)CCCC)C(C(=O)O)C(N)C(=O)O. The summed E-state index contributed by atoms with van der Waals surface area (Å²) >= 11 is 0. The van der Waals surface area contributed by atoms with Gasteiger partial charge in [0, 0.05) is 12.6 Å². The van der Waals surface area contributed by atoms with Crippen molar-refractivity contribution in [1.82, 2.24) is 9.80 Å². The minimum absolute atomic E-state index is 0.560. The van der Waals surface area contributed by atoms with Gasteiger partial charge in [-0.15, -0.1) is 0 Å². The molecule has 0 aliphatic heterocycles. The Labute approximate surface area is 237 Å². The van der Waals surface area contributed by atoms with E-state index < -0.39 is 30.0 Å². The van der Waals surface area contributed by atoms with Crippen LogP contribution in [0, 0.1) is 0 Å². The van der Waals surface area contributed by atoms with Crippen LogP contribution >= 0.6 is 0 Å². The van der Waals surface area contributed by atoms with Crippen LogP contribution in [0.4, 0.5) is 0 Å². The Hall–Kier alpha value is -1.97. The van der Waals surface area contributed by atoms with Gasteiger partial charge in [-0.1, -0.05) is 98.0 Å². The van der Waals surface area contributed by atoms with E-state index in [-0.39, 0.29) is 0 Å². The van der Waals surface area contributed by atoms with Gasteiger partial charge in [0.1, 0.15) is 12.1 Å². The fraction of sp³-hybridized carbons (Fsp3) is 0.833. The number of carboxylic acid groups (broad SMARTS) is 3. The Morgan fingerprint density at radius 1 is 0.641 bits per heavy atom. The normalized spacial score (nSPS) is 12.6. The first-order chi connectivity index (χ1) is 18.7. The molecule has 0 amide bonds. The summed E-state index contributed by atoms with van der Waals surface area (Å²) in [6.45, 7) is 13.7. The van der Waals surface area contributed by atoms with E-state index in [1.807, 2.05) is 4.90 Å². The third kappa shape index (κ3) is 23.6. The van der Waals surface area contributed by atoms with Crippen LogP contribution in [-0.4, -0.2) is 87.8 Å². The number of nitrogens with two attached hydrogens (primary N) is 1. The second-order valence-corrected chi connectivity index (χ2v) is 10.3. The maximum absolute atomic E-state index is 12.0. The molecule has 5 N–H and O–H groups in total. The molecule has 230 valence electrons. The lowest BCUT2D eigenvalue weighted by Crippen LogP contribution is -2.56. The van der Waals surface area contributed by atoms with Crippen LogP contribution < -0.4 is 5.73 Å². The average molecular weight is 558 g/mol. The van der Waals surface area contributed by atoms with Crippen LogP contribution in [0.15, 0.2) is 12.7 Å². The molecule has 2 unspecified atom stereocenters. The lowest BCUT2D eigenvalue weighted by molar-refractivity contribution is -0.151. The summed E-state index contributed by atoms with van der Waals surface area (Å²) in [5.74, 6) is -3.38. The molecule has 0 saturated heterocycles. The molecule has 9 heteroatoms. The molecule has 0 radical (unpaired) electrons. The van der Waals surface area contributed by atoms with Crippen molar-refractivity contribution >= 4 is 17.9 Å². The number of hydrogen-bond acceptors (Lipinski definition) is 6. The lowest BCUT2D eigenvalue weighted by atomic mass is 10.0. The Bertz CT molecular complexity index is 624. The first kappa shape index (κ1) is 39.2. The highest BCUT2D eigenvalue weighted by Gasteiger charge is 2.35. The molecule has 0 aliphatic rings. The van der Waals surface area contributed by atoms with Crippen molar-refractivity contribution in [1.29, 1.82) is 0 Å². The van der Waals surface area contributed by atoms with Crippen molar-refractivity contribution in [2.45, 2.75) is 129 Å². The van der Waals surface area contributed by atoms with Crippen molar-refractivity contribution in [2.24, 2.45) is 5.73 Å². The van der Waals surface area contributed by atoms with E-state index in [9.17, 15) is 24.6 Å². The molecule has 0 bridgehead atoms. The predicted octanol–water partition coefficient (Wildman–Crippen LogP) is 5.62. The number of aliphatic carboxylic acids is 3. The minimum atomic E-state index is -1.42. The average Bonchev–Trinajstić information content (AvgIpc) is 2.90. The summed E-state index contributed by atoms with van der Waals surface area (Å²) < 4.78 is 0. The lowest BCUT2D eigenvalue weighted by Gasteiger charge is -2.32. The number of hydrogen-bond donors (Lipinski definition) is 4. The quantitative estimate of drug-likeness (QED) is 0.0786. The van der Waals surface area contributed by atoms with Gasteiger partial charge in [-0.3, -0.25) is 14.5 Å². The summed E-state index contributed by atoms with van der Waals surface area (Å²) in [5.41, 5.74) is 5.81. The molecule has 0 aromatic carbocycles. The Morgan fingerprint density at radius 2 is 1.03 bits per heavy atom. The number of carboxylic acids is 3. The van der Waals surface area contributed by atoms with Gasteiger partial charge >= 0.3 is 17.9 Å². The molecule has 39 heavy (non-hydrogen) atoms. The fourth-order valence-corrected chi connectivity index (χ4v) is 4.46. The molecule has 0 aromatic heterocycles. The first-order valence-electron chi connectivity index (χ1n) is 15.2. The van der Waals surface area contributed by atoms with Gasteiger partial charge in [0.25, 0.3) is 0 Å². The summed E-state index contributed by atoms with van der Waals surface area (Å²) in [6, 6.07) is -2.60. The van der Waals surface area contributed by atoms with Crippen LogP contribution in [0.5, 0.6) is 0 Å². The molecular weight excluding hydrogens is 498 g/mol. The van der Waals surface area contributed by atoms with Gasteiger partial charge in [-0.05, 0) is 51.9 Å². The highest BCUT2D eigenvalue weighted by Crippen LogP contribution is 2.13. The Balaban J connectivity index is 0. The first-order valence-corrected chi connectivity index (χ1v) is 15.2. The van der Waals surface area contributed by atoms with Crippen molar-refractivity contribution < 1.29 is 29.7 Å². The third-order valence-electron chi connectivity index (χ3n) is 6.82. The smallest absolute Gasteiger partial charge is 0.327 e. The van der Waals surface area contributed by atoms with Gasteiger partial charge < -0.3 is 26.0 Å². The zero-order valence-corrected chi connectivity index (χ0v) is 25.1. The van der Waals surface area contributed by atoms with Crippen LogP contribution in [0.1, 0.15) is 117 Å². The van der Waals surface area contributed by atoms with Gasteiger partial charge in [-0.2, -0.15) is 0 Å². The molecule has 0 rings (SSSR count). The maximum atomic E-state index is 12.0. The topological polar surface area (TPSA) is 144 Å². The molecule has 0 heterocycles. The maximum Gasteiger partial charge on any atom is 0.327 e. The summed E-state index contributed by atoms with van der Waals surface area (Å²) in [5, 5.41) is 26.8. The van der Waals surface area contributed by atoms with Crippen LogP contribution in [0.3, 0.4) is 0 Å². The van der Waals surface area contributed by atoms with Crippen molar-refractivity contribution in [3.8, 4) is 0 Å². The number of nitrogens with zero attached hydrogens (tertiary/aromatic N) is 2. The van der Waals surface area contributed by atoms with E-state index in [2.05, 4.69) is 32.3 Å².